The highest BCUT2D eigenvalue weighted by Crippen LogP contribution is 2.46. The van der Waals surface area contributed by atoms with Crippen LogP contribution in [0.25, 0.3) is 0 Å². The zero-order valence-electron chi connectivity index (χ0n) is 22.9. The Balaban J connectivity index is 1.48. The molecular formula is C36H36NOP. The molecule has 0 aliphatic carbocycles. The molecule has 0 aliphatic rings. The number of anilines is 2. The van der Waals surface area contributed by atoms with E-state index in [4.69, 9.17) is 0 Å². The van der Waals surface area contributed by atoms with E-state index in [1.807, 2.05) is 12.1 Å². The van der Waals surface area contributed by atoms with Gasteiger partial charge in [-0.3, -0.25) is 0 Å². The van der Waals surface area contributed by atoms with E-state index in [2.05, 4.69) is 141 Å². The largest absolute Gasteiger partial charge is 0.507 e. The summed E-state index contributed by atoms with van der Waals surface area (Å²) in [6.45, 7) is 7.50. The number of benzene rings is 5. The van der Waals surface area contributed by atoms with Gasteiger partial charge in [-0.1, -0.05) is 126 Å². The fraction of sp³-hybridized carbons (Fsp3) is 0.167. The van der Waals surface area contributed by atoms with Gasteiger partial charge in [-0.25, -0.2) is 0 Å². The fourth-order valence-corrected chi connectivity index (χ4v) is 6.76. The van der Waals surface area contributed by atoms with Gasteiger partial charge >= 0.3 is 0 Å². The van der Waals surface area contributed by atoms with Gasteiger partial charge in [-0.05, 0) is 58.7 Å². The van der Waals surface area contributed by atoms with Crippen LogP contribution in [-0.4, -0.2) is 5.11 Å². The van der Waals surface area contributed by atoms with Crippen LogP contribution in [0.4, 0.5) is 11.4 Å². The Hall–Kier alpha value is -3.87. The van der Waals surface area contributed by atoms with Crippen molar-refractivity contribution in [2.24, 2.45) is 0 Å². The van der Waals surface area contributed by atoms with Crippen molar-refractivity contribution in [3.05, 3.63) is 155 Å². The third-order valence-corrected chi connectivity index (χ3v) is 9.15. The van der Waals surface area contributed by atoms with Crippen LogP contribution in [0.1, 0.15) is 41.7 Å². The molecule has 5 rings (SSSR count). The van der Waals surface area contributed by atoms with Crippen LogP contribution >= 0.6 is 8.58 Å². The van der Waals surface area contributed by atoms with Gasteiger partial charge in [0.1, 0.15) is 5.75 Å². The highest BCUT2D eigenvalue weighted by Gasteiger charge is 2.28. The van der Waals surface area contributed by atoms with Crippen LogP contribution in [0, 0.1) is 6.92 Å². The van der Waals surface area contributed by atoms with Crippen LogP contribution in [0.5, 0.6) is 5.75 Å². The molecule has 0 saturated carbocycles. The van der Waals surface area contributed by atoms with Crippen molar-refractivity contribution >= 4 is 25.3 Å². The van der Waals surface area contributed by atoms with E-state index < -0.39 is 0 Å². The Labute approximate surface area is 234 Å². The summed E-state index contributed by atoms with van der Waals surface area (Å²) < 4.78 is 0. The first-order valence-electron chi connectivity index (χ1n) is 13.5. The van der Waals surface area contributed by atoms with E-state index >= 15 is 0 Å². The number of phenolic OH excluding ortho intramolecular Hbond substituents is 1. The second kappa shape index (κ2) is 11.9. The minimum Gasteiger partial charge on any atom is -0.507 e. The molecule has 5 aromatic carbocycles. The van der Waals surface area contributed by atoms with E-state index in [1.54, 1.807) is 0 Å². The molecule has 0 aliphatic heterocycles. The quantitative estimate of drug-likeness (QED) is 0.193. The lowest BCUT2D eigenvalue weighted by Gasteiger charge is -2.31. The third kappa shape index (κ3) is 6.24. The normalized spacial score (nSPS) is 11.7. The predicted octanol–water partition coefficient (Wildman–Crippen LogP) is 8.87. The number of aryl methyl sites for hydroxylation is 1. The van der Waals surface area contributed by atoms with E-state index in [9.17, 15) is 5.11 Å². The molecule has 0 radical (unpaired) electrons. The van der Waals surface area contributed by atoms with Crippen LogP contribution < -0.4 is 10.2 Å². The average Bonchev–Trinajstić information content (AvgIpc) is 2.96. The van der Waals surface area contributed by atoms with E-state index in [-0.39, 0.29) is 5.16 Å². The molecule has 3 heteroatoms. The van der Waals surface area contributed by atoms with E-state index in [1.165, 1.54) is 33.4 Å². The highest BCUT2D eigenvalue weighted by atomic mass is 31.1. The van der Waals surface area contributed by atoms with Gasteiger partial charge in [0, 0.05) is 35.1 Å². The van der Waals surface area contributed by atoms with Gasteiger partial charge in [0.2, 0.25) is 0 Å². The molecule has 0 aromatic heterocycles. The summed E-state index contributed by atoms with van der Waals surface area (Å²) in [5.41, 5.74) is 8.13. The number of nitrogens with zero attached hydrogens (tertiary/aromatic N) is 1. The van der Waals surface area contributed by atoms with Crippen molar-refractivity contribution in [2.75, 3.05) is 4.90 Å². The average molecular weight is 530 g/mol. The SMILES string of the molecule is Cc1cccc(CN(c2ccccc2)c2ccccc2)c1PC(C)(C)c1cccc(Cc2ccccc2)c1O. The summed E-state index contributed by atoms with van der Waals surface area (Å²) in [6, 6.07) is 44.4. The van der Waals surface area contributed by atoms with Crippen LogP contribution in [-0.2, 0) is 18.1 Å². The summed E-state index contributed by atoms with van der Waals surface area (Å²) >= 11 is 0. The lowest BCUT2D eigenvalue weighted by Crippen LogP contribution is -2.24. The summed E-state index contributed by atoms with van der Waals surface area (Å²) in [5, 5.41) is 12.6. The smallest absolute Gasteiger partial charge is 0.123 e. The molecule has 1 atom stereocenters. The fourth-order valence-electron chi connectivity index (χ4n) is 5.19. The topological polar surface area (TPSA) is 23.5 Å². The first-order chi connectivity index (χ1) is 18.9. The van der Waals surface area contributed by atoms with Gasteiger partial charge in [0.25, 0.3) is 0 Å². The molecule has 0 amide bonds. The Morgan fingerprint density at radius 3 is 1.79 bits per heavy atom. The van der Waals surface area contributed by atoms with Gasteiger partial charge in [-0.15, -0.1) is 0 Å². The highest BCUT2D eigenvalue weighted by molar-refractivity contribution is 7.48. The molecule has 196 valence electrons. The lowest BCUT2D eigenvalue weighted by atomic mass is 9.95. The van der Waals surface area contributed by atoms with Crippen molar-refractivity contribution < 1.29 is 5.11 Å². The van der Waals surface area contributed by atoms with E-state index in [0.717, 1.165) is 24.1 Å². The van der Waals surface area contributed by atoms with E-state index in [0.29, 0.717) is 14.3 Å². The van der Waals surface area contributed by atoms with Gasteiger partial charge < -0.3 is 10.0 Å². The van der Waals surface area contributed by atoms with Crippen molar-refractivity contribution in [2.45, 2.75) is 38.9 Å². The Morgan fingerprint density at radius 2 is 1.18 bits per heavy atom. The van der Waals surface area contributed by atoms with Gasteiger partial charge in [-0.2, -0.15) is 0 Å². The number of aromatic hydroxyl groups is 1. The molecule has 0 fully saturated rings. The number of hydrogen-bond acceptors (Lipinski definition) is 2. The summed E-state index contributed by atoms with van der Waals surface area (Å²) in [7, 11) is 0.495. The molecule has 2 nitrogen and oxygen atoms in total. The molecule has 0 saturated heterocycles. The molecule has 39 heavy (non-hydrogen) atoms. The van der Waals surface area contributed by atoms with Crippen LogP contribution in [0.15, 0.2) is 127 Å². The Bertz CT molecular complexity index is 1480. The molecular weight excluding hydrogens is 493 g/mol. The minimum atomic E-state index is -0.234. The molecule has 0 bridgehead atoms. The maximum absolute atomic E-state index is 11.4. The molecule has 1 N–H and O–H groups in total. The van der Waals surface area contributed by atoms with Crippen molar-refractivity contribution in [1.29, 1.82) is 0 Å². The van der Waals surface area contributed by atoms with Crippen LogP contribution in [0.2, 0.25) is 0 Å². The molecule has 5 aromatic rings. The maximum Gasteiger partial charge on any atom is 0.123 e. The molecule has 1 unspecified atom stereocenters. The molecule has 0 spiro atoms. The van der Waals surface area contributed by atoms with Crippen molar-refractivity contribution in [3.63, 3.8) is 0 Å². The summed E-state index contributed by atoms with van der Waals surface area (Å²) in [5.74, 6) is 0.421. The summed E-state index contributed by atoms with van der Waals surface area (Å²) in [6.07, 6.45) is 0.721. The van der Waals surface area contributed by atoms with Gasteiger partial charge in [0.05, 0.1) is 0 Å². The third-order valence-electron chi connectivity index (χ3n) is 7.29. The van der Waals surface area contributed by atoms with Crippen molar-refractivity contribution in [1.82, 2.24) is 0 Å². The Morgan fingerprint density at radius 1 is 0.641 bits per heavy atom. The van der Waals surface area contributed by atoms with Gasteiger partial charge in [0.15, 0.2) is 0 Å². The summed E-state index contributed by atoms with van der Waals surface area (Å²) in [4.78, 5) is 2.38. The monoisotopic (exact) mass is 529 g/mol. The maximum atomic E-state index is 11.4. The minimum absolute atomic E-state index is 0.234. The lowest BCUT2D eigenvalue weighted by molar-refractivity contribution is 0.456. The second-order valence-electron chi connectivity index (χ2n) is 10.6. The second-order valence-corrected chi connectivity index (χ2v) is 12.6. The Kier molecular flexibility index (Phi) is 8.15. The number of para-hydroxylation sites is 3. The zero-order chi connectivity index (χ0) is 27.2. The number of rotatable bonds is 9. The number of hydrogen-bond donors (Lipinski definition) is 1. The number of phenols is 1. The zero-order valence-corrected chi connectivity index (χ0v) is 23.9. The first-order valence-corrected chi connectivity index (χ1v) is 14.5. The predicted molar refractivity (Wildman–Crippen MR) is 168 cm³/mol. The molecule has 0 heterocycles. The first kappa shape index (κ1) is 26.7. The van der Waals surface area contributed by atoms with Crippen molar-refractivity contribution in [3.8, 4) is 5.75 Å². The standard InChI is InChI=1S/C36H36NOP/c1-27-15-13-19-30(26-37(31-20-9-5-10-21-31)32-22-11-6-12-23-32)35(27)39-36(2,3)33-24-14-18-29(34(33)38)25-28-16-7-4-8-17-28/h4-24,38-39H,25-26H2,1-3H3. The van der Waals surface area contributed by atoms with Crippen LogP contribution in [0.3, 0.4) is 0 Å².